The lowest BCUT2D eigenvalue weighted by Gasteiger charge is -2.28. The molecule has 6 heteroatoms. The van der Waals surface area contributed by atoms with E-state index in [1.807, 2.05) is 30.3 Å². The lowest BCUT2D eigenvalue weighted by molar-refractivity contribution is 0.0951. The third-order valence-electron chi connectivity index (χ3n) is 6.75. The number of fused-ring (bicyclic) bond motifs is 2. The van der Waals surface area contributed by atoms with Crippen molar-refractivity contribution in [1.29, 1.82) is 0 Å². The van der Waals surface area contributed by atoms with Crippen LogP contribution in [0.5, 0.6) is 0 Å². The SMILES string of the molecule is NC(=NO)c1ccc(CNC(=O)c2ccc3c(c2)Cc2cc(C4CC4)ccc2[C@@H]3CO)cc1. The van der Waals surface area contributed by atoms with E-state index in [4.69, 9.17) is 10.9 Å². The van der Waals surface area contributed by atoms with E-state index in [9.17, 15) is 9.90 Å². The summed E-state index contributed by atoms with van der Waals surface area (Å²) in [7, 11) is 0. The number of nitrogens with two attached hydrogens (primary N) is 1. The normalized spacial score (nSPS) is 17.2. The summed E-state index contributed by atoms with van der Waals surface area (Å²) in [5.41, 5.74) is 13.8. The first kappa shape index (κ1) is 21.2. The smallest absolute Gasteiger partial charge is 0.251 e. The number of amidine groups is 1. The Morgan fingerprint density at radius 3 is 2.30 bits per heavy atom. The molecule has 3 aromatic carbocycles. The molecule has 0 unspecified atom stereocenters. The van der Waals surface area contributed by atoms with Crippen LogP contribution in [0.15, 0.2) is 65.8 Å². The van der Waals surface area contributed by atoms with Crippen LogP contribution < -0.4 is 11.1 Å². The third kappa shape index (κ3) is 4.22. The molecule has 0 radical (unpaired) electrons. The molecule has 3 aromatic rings. The molecule has 0 aliphatic heterocycles. The van der Waals surface area contributed by atoms with Crippen LogP contribution in [0.25, 0.3) is 0 Å². The molecule has 168 valence electrons. The molecule has 5 rings (SSSR count). The fraction of sp³-hybridized carbons (Fsp3) is 0.259. The minimum atomic E-state index is -0.142. The van der Waals surface area contributed by atoms with Crippen LogP contribution in [0, 0.1) is 0 Å². The minimum absolute atomic E-state index is 0.0478. The van der Waals surface area contributed by atoms with Crippen LogP contribution in [-0.4, -0.2) is 28.7 Å². The Morgan fingerprint density at radius 1 is 0.970 bits per heavy atom. The quantitative estimate of drug-likeness (QED) is 0.203. The molecule has 0 bridgehead atoms. The highest BCUT2D eigenvalue weighted by molar-refractivity contribution is 5.97. The summed E-state index contributed by atoms with van der Waals surface area (Å²) in [6, 6.07) is 19.6. The van der Waals surface area contributed by atoms with E-state index >= 15 is 0 Å². The first-order valence-electron chi connectivity index (χ1n) is 11.3. The highest BCUT2D eigenvalue weighted by Crippen LogP contribution is 2.43. The second-order valence-electron chi connectivity index (χ2n) is 8.92. The molecule has 1 fully saturated rings. The van der Waals surface area contributed by atoms with Gasteiger partial charge in [-0.05, 0) is 70.7 Å². The Hall–Kier alpha value is -3.64. The lowest BCUT2D eigenvalue weighted by atomic mass is 9.77. The van der Waals surface area contributed by atoms with Crippen molar-refractivity contribution in [2.45, 2.75) is 37.6 Å². The molecule has 1 saturated carbocycles. The molecule has 0 saturated heterocycles. The predicted molar refractivity (Wildman–Crippen MR) is 127 cm³/mol. The van der Waals surface area contributed by atoms with Gasteiger partial charge in [0.1, 0.15) is 0 Å². The van der Waals surface area contributed by atoms with Gasteiger partial charge in [0.15, 0.2) is 5.84 Å². The molecule has 1 atom stereocenters. The number of amides is 1. The maximum atomic E-state index is 12.8. The average molecular weight is 442 g/mol. The Kier molecular flexibility index (Phi) is 5.60. The summed E-state index contributed by atoms with van der Waals surface area (Å²) in [6.45, 7) is 0.426. The van der Waals surface area contributed by atoms with Gasteiger partial charge >= 0.3 is 0 Å². The molecule has 1 amide bonds. The fourth-order valence-electron chi connectivity index (χ4n) is 4.73. The van der Waals surface area contributed by atoms with Crippen LogP contribution in [-0.2, 0) is 13.0 Å². The molecule has 0 spiro atoms. The number of oxime groups is 1. The minimum Gasteiger partial charge on any atom is -0.409 e. The largest absolute Gasteiger partial charge is 0.409 e. The van der Waals surface area contributed by atoms with Crippen molar-refractivity contribution >= 4 is 11.7 Å². The molecule has 2 aliphatic carbocycles. The van der Waals surface area contributed by atoms with Crippen LogP contribution in [0.4, 0.5) is 0 Å². The van der Waals surface area contributed by atoms with Gasteiger partial charge in [-0.3, -0.25) is 4.79 Å². The van der Waals surface area contributed by atoms with Gasteiger partial charge in [-0.1, -0.05) is 53.7 Å². The number of hydrogen-bond donors (Lipinski definition) is 4. The zero-order valence-electron chi connectivity index (χ0n) is 18.3. The zero-order valence-corrected chi connectivity index (χ0v) is 18.3. The summed E-state index contributed by atoms with van der Waals surface area (Å²) >= 11 is 0. The Bertz CT molecular complexity index is 1230. The molecule has 33 heavy (non-hydrogen) atoms. The van der Waals surface area contributed by atoms with Crippen molar-refractivity contribution in [3.05, 3.63) is 105 Å². The van der Waals surface area contributed by atoms with E-state index in [2.05, 4.69) is 28.7 Å². The molecule has 2 aliphatic rings. The lowest BCUT2D eigenvalue weighted by Crippen LogP contribution is -2.24. The summed E-state index contributed by atoms with van der Waals surface area (Å²) in [5.74, 6) is 0.536. The van der Waals surface area contributed by atoms with E-state index in [-0.39, 0.29) is 24.3 Å². The zero-order chi connectivity index (χ0) is 22.9. The van der Waals surface area contributed by atoms with Gasteiger partial charge < -0.3 is 21.4 Å². The molecular weight excluding hydrogens is 414 g/mol. The van der Waals surface area contributed by atoms with Gasteiger partial charge in [0, 0.05) is 23.6 Å². The average Bonchev–Trinajstić information content (AvgIpc) is 3.70. The Morgan fingerprint density at radius 2 is 1.64 bits per heavy atom. The Balaban J connectivity index is 1.32. The number of carbonyl (C=O) groups is 1. The van der Waals surface area contributed by atoms with E-state index in [1.54, 1.807) is 12.1 Å². The van der Waals surface area contributed by atoms with E-state index < -0.39 is 0 Å². The van der Waals surface area contributed by atoms with E-state index in [1.165, 1.54) is 29.5 Å². The standard InChI is InChI=1S/C27H27N3O3/c28-26(30-33)18-3-1-16(2-4-18)14-29-27(32)20-8-10-24-22(12-20)13-21-11-19(17-5-6-17)7-9-23(21)25(24)15-31/h1-4,7-12,17,25,31,33H,5-6,13-15H2,(H2,28,30)(H,29,32)/t25-/m0/s1. The van der Waals surface area contributed by atoms with E-state index in [0.29, 0.717) is 23.6 Å². The number of nitrogens with one attached hydrogen (secondary N) is 1. The molecule has 5 N–H and O–H groups in total. The maximum absolute atomic E-state index is 12.8. The highest BCUT2D eigenvalue weighted by atomic mass is 16.4. The second-order valence-corrected chi connectivity index (χ2v) is 8.92. The van der Waals surface area contributed by atoms with Gasteiger partial charge in [-0.2, -0.15) is 0 Å². The number of aliphatic hydroxyl groups is 1. The summed E-state index contributed by atoms with van der Waals surface area (Å²) < 4.78 is 0. The van der Waals surface area contributed by atoms with Crippen molar-refractivity contribution in [3.63, 3.8) is 0 Å². The highest BCUT2D eigenvalue weighted by Gasteiger charge is 2.29. The van der Waals surface area contributed by atoms with Crippen molar-refractivity contribution < 1.29 is 15.1 Å². The van der Waals surface area contributed by atoms with Crippen molar-refractivity contribution in [2.75, 3.05) is 6.61 Å². The summed E-state index contributed by atoms with van der Waals surface area (Å²) in [5, 5.41) is 24.8. The van der Waals surface area contributed by atoms with Crippen LogP contribution in [0.1, 0.15) is 74.0 Å². The van der Waals surface area contributed by atoms with Gasteiger partial charge in [0.25, 0.3) is 5.91 Å². The maximum Gasteiger partial charge on any atom is 0.251 e. The molecule has 0 aromatic heterocycles. The Labute approximate surface area is 192 Å². The second kappa shape index (κ2) is 8.71. The van der Waals surface area contributed by atoms with Gasteiger partial charge in [0.2, 0.25) is 0 Å². The van der Waals surface area contributed by atoms with E-state index in [0.717, 1.165) is 23.1 Å². The molecule has 6 nitrogen and oxygen atoms in total. The predicted octanol–water partition coefficient (Wildman–Crippen LogP) is 3.62. The van der Waals surface area contributed by atoms with Gasteiger partial charge in [-0.25, -0.2) is 0 Å². The summed E-state index contributed by atoms with van der Waals surface area (Å²) in [6.07, 6.45) is 3.29. The monoisotopic (exact) mass is 441 g/mol. The molecular formula is C27H27N3O3. The first-order valence-corrected chi connectivity index (χ1v) is 11.3. The van der Waals surface area contributed by atoms with Crippen LogP contribution >= 0.6 is 0 Å². The number of aliphatic hydroxyl groups excluding tert-OH is 1. The number of rotatable bonds is 6. The number of benzene rings is 3. The summed E-state index contributed by atoms with van der Waals surface area (Å²) in [4.78, 5) is 12.8. The van der Waals surface area contributed by atoms with Crippen LogP contribution in [0.3, 0.4) is 0 Å². The fourth-order valence-corrected chi connectivity index (χ4v) is 4.73. The van der Waals surface area contributed by atoms with Crippen molar-refractivity contribution in [3.8, 4) is 0 Å². The number of hydrogen-bond acceptors (Lipinski definition) is 4. The van der Waals surface area contributed by atoms with Gasteiger partial charge in [-0.15, -0.1) is 0 Å². The number of nitrogens with zero attached hydrogens (tertiary/aromatic N) is 1. The van der Waals surface area contributed by atoms with Gasteiger partial charge in [0.05, 0.1) is 6.61 Å². The van der Waals surface area contributed by atoms with Crippen LogP contribution in [0.2, 0.25) is 0 Å². The topological polar surface area (TPSA) is 108 Å². The van der Waals surface area contributed by atoms with Crippen molar-refractivity contribution in [2.24, 2.45) is 10.9 Å². The number of carbonyl (C=O) groups excluding carboxylic acids is 1. The molecule has 0 heterocycles. The first-order chi connectivity index (χ1) is 16.1. The van der Waals surface area contributed by atoms with Crippen molar-refractivity contribution in [1.82, 2.24) is 5.32 Å². The third-order valence-corrected chi connectivity index (χ3v) is 6.75.